The molecule has 1 N–H and O–H groups in total. The molecule has 6 rings (SSSR count). The van der Waals surface area contributed by atoms with E-state index in [2.05, 4.69) is 0 Å². The molecule has 10 nitrogen and oxygen atoms in total. The molecular weight excluding hydrogens is 596 g/mol. The number of hydrogen-bond acceptors (Lipinski definition) is 9. The van der Waals surface area contributed by atoms with Gasteiger partial charge in [-0.05, 0) is 60.9 Å². The number of carboxylic acid groups (broad SMARTS) is 1. The Labute approximate surface area is 262 Å². The van der Waals surface area contributed by atoms with Crippen LogP contribution in [0.15, 0.2) is 87.8 Å². The molecule has 3 aromatic carbocycles. The highest BCUT2D eigenvalue weighted by molar-refractivity contribution is 7.07. The lowest BCUT2D eigenvalue weighted by atomic mass is 9.94. The zero-order valence-electron chi connectivity index (χ0n) is 24.6. The van der Waals surface area contributed by atoms with Gasteiger partial charge in [-0.25, -0.2) is 14.6 Å². The van der Waals surface area contributed by atoms with Crippen LogP contribution in [0.5, 0.6) is 17.2 Å². The number of allylic oxidation sites excluding steroid dienone is 1. The molecule has 0 bridgehead atoms. The monoisotopic (exact) mass is 626 g/mol. The van der Waals surface area contributed by atoms with Gasteiger partial charge in [-0.15, -0.1) is 0 Å². The first-order chi connectivity index (χ1) is 21.9. The second kappa shape index (κ2) is 12.8. The normalized spacial score (nSPS) is 15.4. The highest BCUT2D eigenvalue weighted by Crippen LogP contribution is 2.39. The summed E-state index contributed by atoms with van der Waals surface area (Å²) < 4.78 is 24.7. The largest absolute Gasteiger partial charge is 0.488 e. The van der Waals surface area contributed by atoms with Gasteiger partial charge in [-0.3, -0.25) is 9.36 Å². The van der Waals surface area contributed by atoms with E-state index in [4.69, 9.17) is 29.0 Å². The number of para-hydroxylation sites is 1. The summed E-state index contributed by atoms with van der Waals surface area (Å²) in [5.74, 6) is 0.173. The number of carbonyl (C=O) groups is 2. The van der Waals surface area contributed by atoms with Crippen molar-refractivity contribution in [1.82, 2.24) is 4.57 Å². The van der Waals surface area contributed by atoms with E-state index in [0.717, 1.165) is 12.0 Å². The number of carboxylic acids is 1. The number of ether oxygens (including phenoxy) is 4. The van der Waals surface area contributed by atoms with E-state index >= 15 is 0 Å². The molecule has 1 atom stereocenters. The number of esters is 1. The predicted molar refractivity (Wildman–Crippen MR) is 166 cm³/mol. The second-order valence-electron chi connectivity index (χ2n) is 10.4. The third kappa shape index (κ3) is 5.99. The number of fused-ring (bicyclic) bond motifs is 2. The maximum absolute atomic E-state index is 14.2. The van der Waals surface area contributed by atoms with Crippen LogP contribution < -0.4 is 29.1 Å². The Morgan fingerprint density at radius 3 is 2.60 bits per heavy atom. The molecule has 0 saturated carbocycles. The fourth-order valence-electron chi connectivity index (χ4n) is 5.30. The quantitative estimate of drug-likeness (QED) is 0.254. The SMILES string of the molecule is CCCC1=C(C(=O)OCC)[C@@H](c2ccc3c(c2)OCO3)n2c(s/c(=C\c3ccccc3OCc3ccc(C(=O)O)cc3)c2=O)=N1. The molecule has 0 unspecified atom stereocenters. The molecule has 0 fully saturated rings. The van der Waals surface area contributed by atoms with Crippen molar-refractivity contribution in [3.8, 4) is 17.2 Å². The highest BCUT2D eigenvalue weighted by Gasteiger charge is 2.35. The zero-order valence-corrected chi connectivity index (χ0v) is 25.5. The Morgan fingerprint density at radius 1 is 1.07 bits per heavy atom. The molecule has 0 aliphatic carbocycles. The van der Waals surface area contributed by atoms with Crippen LogP contribution in [0.2, 0.25) is 0 Å². The number of nitrogens with zero attached hydrogens (tertiary/aromatic N) is 2. The van der Waals surface area contributed by atoms with Gasteiger partial charge in [0.15, 0.2) is 16.3 Å². The molecule has 0 radical (unpaired) electrons. The third-order valence-corrected chi connectivity index (χ3v) is 8.39. The van der Waals surface area contributed by atoms with Gasteiger partial charge in [0, 0.05) is 5.56 Å². The maximum atomic E-state index is 14.2. The Hall–Kier alpha value is -5.16. The average molecular weight is 627 g/mol. The Bertz CT molecular complexity index is 1990. The van der Waals surface area contributed by atoms with Crippen molar-refractivity contribution in [1.29, 1.82) is 0 Å². The summed E-state index contributed by atoms with van der Waals surface area (Å²) in [4.78, 5) is 44.1. The van der Waals surface area contributed by atoms with Gasteiger partial charge in [0.1, 0.15) is 12.4 Å². The van der Waals surface area contributed by atoms with Crippen LogP contribution in [-0.2, 0) is 16.1 Å². The van der Waals surface area contributed by atoms with E-state index in [9.17, 15) is 14.4 Å². The third-order valence-electron chi connectivity index (χ3n) is 7.41. The van der Waals surface area contributed by atoms with Crippen LogP contribution in [0.1, 0.15) is 59.8 Å². The standard InChI is InChI=1S/C34H30N2O8S/c1-3-7-24-29(33(40)41-4-2)30(23-14-15-26-27(16-23)44-19-43-26)36-31(37)28(45-34(36)35-24)17-22-8-5-6-9-25(22)42-18-20-10-12-21(13-11-20)32(38)39/h5-6,8-17,30H,3-4,7,18-19H2,1-2H3,(H,38,39)/b28-17-/t30-/m1/s1. The molecule has 11 heteroatoms. The summed E-state index contributed by atoms with van der Waals surface area (Å²) in [6, 6.07) is 18.4. The number of thiazole rings is 1. The molecular formula is C34H30N2O8S. The molecule has 0 saturated heterocycles. The Kier molecular flexibility index (Phi) is 8.52. The zero-order chi connectivity index (χ0) is 31.5. The van der Waals surface area contributed by atoms with E-state index < -0.39 is 18.0 Å². The number of hydrogen-bond donors (Lipinski definition) is 1. The summed E-state index contributed by atoms with van der Waals surface area (Å²) in [6.07, 6.45) is 3.04. The van der Waals surface area contributed by atoms with E-state index in [0.29, 0.717) is 55.4 Å². The first kappa shape index (κ1) is 29.9. The van der Waals surface area contributed by atoms with Gasteiger partial charge in [0.05, 0.1) is 34.0 Å². The van der Waals surface area contributed by atoms with Gasteiger partial charge in [-0.2, -0.15) is 0 Å². The molecule has 0 spiro atoms. The summed E-state index contributed by atoms with van der Waals surface area (Å²) in [5, 5.41) is 9.16. The van der Waals surface area contributed by atoms with E-state index in [1.807, 2.05) is 37.3 Å². The van der Waals surface area contributed by atoms with E-state index in [1.165, 1.54) is 23.5 Å². The number of rotatable bonds is 10. The van der Waals surface area contributed by atoms with Crippen LogP contribution in [0, 0.1) is 0 Å². The topological polar surface area (TPSA) is 126 Å². The van der Waals surface area contributed by atoms with Crippen molar-refractivity contribution in [2.24, 2.45) is 4.99 Å². The van der Waals surface area contributed by atoms with Crippen molar-refractivity contribution < 1.29 is 33.6 Å². The Balaban J connectivity index is 1.43. The molecule has 0 amide bonds. The molecule has 2 aliphatic rings. The molecule has 45 heavy (non-hydrogen) atoms. The van der Waals surface area contributed by atoms with Gasteiger partial charge in [0.2, 0.25) is 6.79 Å². The number of aromatic nitrogens is 1. The molecule has 1 aromatic heterocycles. The average Bonchev–Trinajstić information content (AvgIpc) is 3.64. The van der Waals surface area contributed by atoms with Gasteiger partial charge >= 0.3 is 11.9 Å². The molecule has 230 valence electrons. The highest BCUT2D eigenvalue weighted by atomic mass is 32.1. The van der Waals surface area contributed by atoms with Gasteiger partial charge < -0.3 is 24.1 Å². The maximum Gasteiger partial charge on any atom is 0.338 e. The van der Waals surface area contributed by atoms with Crippen molar-refractivity contribution in [2.75, 3.05) is 13.4 Å². The minimum absolute atomic E-state index is 0.0956. The number of carbonyl (C=O) groups excluding carboxylic acids is 1. The van der Waals surface area contributed by atoms with E-state index in [-0.39, 0.29) is 31.1 Å². The van der Waals surface area contributed by atoms with Crippen molar-refractivity contribution in [2.45, 2.75) is 39.3 Å². The predicted octanol–water partition coefficient (Wildman–Crippen LogP) is 4.58. The van der Waals surface area contributed by atoms with Crippen LogP contribution in [0.4, 0.5) is 0 Å². The van der Waals surface area contributed by atoms with Crippen LogP contribution >= 0.6 is 11.3 Å². The summed E-state index contributed by atoms with van der Waals surface area (Å²) >= 11 is 1.24. The lowest BCUT2D eigenvalue weighted by Crippen LogP contribution is -2.40. The van der Waals surface area contributed by atoms with Crippen molar-refractivity contribution >= 4 is 29.4 Å². The van der Waals surface area contributed by atoms with Crippen LogP contribution in [0.25, 0.3) is 6.08 Å². The first-order valence-corrected chi connectivity index (χ1v) is 15.3. The van der Waals surface area contributed by atoms with E-state index in [1.54, 1.807) is 41.8 Å². The van der Waals surface area contributed by atoms with Gasteiger partial charge in [-0.1, -0.05) is 61.1 Å². The molecule has 3 heterocycles. The molecule has 2 aliphatic heterocycles. The van der Waals surface area contributed by atoms with Crippen molar-refractivity contribution in [3.05, 3.63) is 120 Å². The van der Waals surface area contributed by atoms with Crippen molar-refractivity contribution in [3.63, 3.8) is 0 Å². The van der Waals surface area contributed by atoms with Gasteiger partial charge in [0.25, 0.3) is 5.56 Å². The minimum Gasteiger partial charge on any atom is -0.488 e. The Morgan fingerprint density at radius 2 is 1.84 bits per heavy atom. The fourth-order valence-corrected chi connectivity index (χ4v) is 6.31. The fraction of sp³-hybridized carbons (Fsp3) is 0.235. The second-order valence-corrected chi connectivity index (χ2v) is 11.4. The summed E-state index contributed by atoms with van der Waals surface area (Å²) in [5.41, 5.74) is 2.96. The number of benzene rings is 3. The lowest BCUT2D eigenvalue weighted by molar-refractivity contribution is -0.139. The number of aromatic carboxylic acids is 1. The summed E-state index contributed by atoms with van der Waals surface area (Å²) in [7, 11) is 0. The minimum atomic E-state index is -0.994. The molecule has 4 aromatic rings. The van der Waals surface area contributed by atoms with Crippen LogP contribution in [0.3, 0.4) is 0 Å². The lowest BCUT2D eigenvalue weighted by Gasteiger charge is -2.25. The van der Waals surface area contributed by atoms with Crippen LogP contribution in [-0.4, -0.2) is 35.0 Å². The smallest absolute Gasteiger partial charge is 0.338 e. The first-order valence-electron chi connectivity index (χ1n) is 14.5. The summed E-state index contributed by atoms with van der Waals surface area (Å²) in [6.45, 7) is 4.24.